The van der Waals surface area contributed by atoms with Crippen molar-refractivity contribution in [2.45, 2.75) is 18.4 Å². The smallest absolute Gasteiger partial charge is 0.0231 e. The summed E-state index contributed by atoms with van der Waals surface area (Å²) in [7, 11) is 2.10. The molecule has 0 saturated carbocycles. The molecule has 0 atom stereocenters. The van der Waals surface area contributed by atoms with Gasteiger partial charge in [0.25, 0.3) is 0 Å². The second kappa shape index (κ2) is 6.88. The first-order chi connectivity index (χ1) is 7.26. The van der Waals surface area contributed by atoms with Gasteiger partial charge in [-0.05, 0) is 30.5 Å². The maximum Gasteiger partial charge on any atom is 0.0231 e. The van der Waals surface area contributed by atoms with Crippen molar-refractivity contribution < 1.29 is 0 Å². The topological polar surface area (TPSA) is 29.3 Å². The molecule has 3 heteroatoms. The Morgan fingerprint density at radius 2 is 1.93 bits per heavy atom. The monoisotopic (exact) mass is 224 g/mol. The van der Waals surface area contributed by atoms with Crippen molar-refractivity contribution in [2.24, 2.45) is 5.73 Å². The van der Waals surface area contributed by atoms with Gasteiger partial charge in [-0.2, -0.15) is 0 Å². The van der Waals surface area contributed by atoms with Crippen LogP contribution in [0.3, 0.4) is 0 Å². The van der Waals surface area contributed by atoms with Crippen LogP contribution in [0.5, 0.6) is 0 Å². The third-order valence-electron chi connectivity index (χ3n) is 2.20. The Labute approximate surface area is 96.8 Å². The minimum atomic E-state index is 0.722. The molecule has 84 valence electrons. The minimum Gasteiger partial charge on any atom is -0.329 e. The van der Waals surface area contributed by atoms with Gasteiger partial charge in [-0.25, -0.2) is 0 Å². The fourth-order valence-corrected chi connectivity index (χ4v) is 2.13. The summed E-state index contributed by atoms with van der Waals surface area (Å²) in [5.74, 6) is 1.13. The molecule has 0 radical (unpaired) electrons. The van der Waals surface area contributed by atoms with Gasteiger partial charge in [0, 0.05) is 24.5 Å². The second-order valence-electron chi connectivity index (χ2n) is 3.60. The van der Waals surface area contributed by atoms with Crippen LogP contribution in [0, 0.1) is 0 Å². The molecule has 0 unspecified atom stereocenters. The van der Waals surface area contributed by atoms with E-state index < -0.39 is 0 Å². The van der Waals surface area contributed by atoms with Crippen LogP contribution in [-0.2, 0) is 6.54 Å². The van der Waals surface area contributed by atoms with E-state index in [1.54, 1.807) is 0 Å². The lowest BCUT2D eigenvalue weighted by Crippen LogP contribution is -2.24. The number of thioether (sulfide) groups is 1. The molecule has 2 N–H and O–H groups in total. The molecule has 0 spiro atoms. The molecule has 0 aliphatic heterocycles. The van der Waals surface area contributed by atoms with Crippen LogP contribution in [-0.4, -0.2) is 30.8 Å². The Morgan fingerprint density at radius 1 is 1.27 bits per heavy atom. The zero-order chi connectivity index (χ0) is 11.1. The Balaban J connectivity index is 2.48. The average molecular weight is 224 g/mol. The molecule has 0 bridgehead atoms. The normalized spacial score (nSPS) is 10.9. The molecule has 1 rings (SSSR count). The standard InChI is InChI=1S/C12H20N2S/c1-3-15-12-6-4-11(5-7-12)10-14(2)9-8-13/h4-7H,3,8-10,13H2,1-2H3. The summed E-state index contributed by atoms with van der Waals surface area (Å²) in [5.41, 5.74) is 6.85. The van der Waals surface area contributed by atoms with E-state index in [2.05, 4.69) is 43.1 Å². The molecule has 15 heavy (non-hydrogen) atoms. The Kier molecular flexibility index (Phi) is 5.76. The van der Waals surface area contributed by atoms with E-state index >= 15 is 0 Å². The molecule has 0 aliphatic carbocycles. The van der Waals surface area contributed by atoms with Crippen LogP contribution in [0.25, 0.3) is 0 Å². The number of hydrogen-bond donors (Lipinski definition) is 1. The van der Waals surface area contributed by atoms with Crippen LogP contribution in [0.1, 0.15) is 12.5 Å². The van der Waals surface area contributed by atoms with Crippen molar-refractivity contribution in [3.8, 4) is 0 Å². The molecule has 0 saturated heterocycles. The SMILES string of the molecule is CCSc1ccc(CN(C)CCN)cc1. The van der Waals surface area contributed by atoms with Crippen LogP contribution >= 0.6 is 11.8 Å². The second-order valence-corrected chi connectivity index (χ2v) is 4.94. The first-order valence-electron chi connectivity index (χ1n) is 5.36. The fourth-order valence-electron chi connectivity index (χ4n) is 1.47. The molecule has 0 fully saturated rings. The number of benzene rings is 1. The van der Waals surface area contributed by atoms with Gasteiger partial charge in [-0.1, -0.05) is 19.1 Å². The average Bonchev–Trinajstić information content (AvgIpc) is 2.22. The van der Waals surface area contributed by atoms with E-state index in [-0.39, 0.29) is 0 Å². The first-order valence-corrected chi connectivity index (χ1v) is 6.35. The predicted molar refractivity (Wildman–Crippen MR) is 68.2 cm³/mol. The number of likely N-dealkylation sites (N-methyl/N-ethyl adjacent to an activating group) is 1. The Bertz CT molecular complexity index is 271. The van der Waals surface area contributed by atoms with Crippen molar-refractivity contribution in [3.05, 3.63) is 29.8 Å². The molecule has 1 aromatic rings. The summed E-state index contributed by atoms with van der Waals surface area (Å²) in [6.45, 7) is 4.83. The molecular weight excluding hydrogens is 204 g/mol. The van der Waals surface area contributed by atoms with Gasteiger partial charge in [0.2, 0.25) is 0 Å². The molecule has 0 aliphatic rings. The van der Waals surface area contributed by atoms with E-state index in [0.717, 1.165) is 25.4 Å². The molecule has 0 amide bonds. The predicted octanol–water partition coefficient (Wildman–Crippen LogP) is 2.19. The summed E-state index contributed by atoms with van der Waals surface area (Å²) >= 11 is 1.88. The van der Waals surface area contributed by atoms with Gasteiger partial charge in [-0.15, -0.1) is 11.8 Å². The summed E-state index contributed by atoms with van der Waals surface area (Å²) < 4.78 is 0. The lowest BCUT2D eigenvalue weighted by molar-refractivity contribution is 0.336. The van der Waals surface area contributed by atoms with Crippen LogP contribution in [0.4, 0.5) is 0 Å². The third kappa shape index (κ3) is 4.69. The van der Waals surface area contributed by atoms with E-state index in [9.17, 15) is 0 Å². The summed E-state index contributed by atoms with van der Waals surface area (Å²) in [6.07, 6.45) is 0. The highest BCUT2D eigenvalue weighted by Gasteiger charge is 1.99. The van der Waals surface area contributed by atoms with Gasteiger partial charge in [0.15, 0.2) is 0 Å². The molecule has 0 heterocycles. The van der Waals surface area contributed by atoms with Gasteiger partial charge in [0.1, 0.15) is 0 Å². The summed E-state index contributed by atoms with van der Waals surface area (Å²) in [6, 6.07) is 8.79. The fraction of sp³-hybridized carbons (Fsp3) is 0.500. The van der Waals surface area contributed by atoms with Crippen molar-refractivity contribution in [1.29, 1.82) is 0 Å². The number of rotatable bonds is 6. The number of nitrogens with two attached hydrogens (primary N) is 1. The highest BCUT2D eigenvalue weighted by atomic mass is 32.2. The van der Waals surface area contributed by atoms with E-state index in [1.165, 1.54) is 10.5 Å². The van der Waals surface area contributed by atoms with Crippen molar-refractivity contribution in [1.82, 2.24) is 4.90 Å². The maximum atomic E-state index is 5.50. The zero-order valence-corrected chi connectivity index (χ0v) is 10.4. The van der Waals surface area contributed by atoms with Crippen molar-refractivity contribution >= 4 is 11.8 Å². The maximum absolute atomic E-state index is 5.50. The summed E-state index contributed by atoms with van der Waals surface area (Å²) in [5, 5.41) is 0. The number of nitrogens with zero attached hydrogens (tertiary/aromatic N) is 1. The first kappa shape index (κ1) is 12.6. The van der Waals surface area contributed by atoms with Crippen LogP contribution in [0.15, 0.2) is 29.2 Å². The van der Waals surface area contributed by atoms with Gasteiger partial charge in [0.05, 0.1) is 0 Å². The van der Waals surface area contributed by atoms with Crippen LogP contribution < -0.4 is 5.73 Å². The van der Waals surface area contributed by atoms with Gasteiger partial charge in [-0.3, -0.25) is 0 Å². The highest BCUT2D eigenvalue weighted by molar-refractivity contribution is 7.99. The van der Waals surface area contributed by atoms with E-state index in [1.807, 2.05) is 11.8 Å². The molecular formula is C12H20N2S. The van der Waals surface area contributed by atoms with E-state index in [4.69, 9.17) is 5.73 Å². The largest absolute Gasteiger partial charge is 0.329 e. The van der Waals surface area contributed by atoms with Gasteiger partial charge < -0.3 is 10.6 Å². The lowest BCUT2D eigenvalue weighted by Gasteiger charge is -2.15. The summed E-state index contributed by atoms with van der Waals surface area (Å²) in [4.78, 5) is 3.59. The molecule has 1 aromatic carbocycles. The molecule has 0 aromatic heterocycles. The Hall–Kier alpha value is -0.510. The zero-order valence-electron chi connectivity index (χ0n) is 9.57. The van der Waals surface area contributed by atoms with Crippen LogP contribution in [0.2, 0.25) is 0 Å². The lowest BCUT2D eigenvalue weighted by atomic mass is 10.2. The quantitative estimate of drug-likeness (QED) is 0.751. The molecule has 2 nitrogen and oxygen atoms in total. The van der Waals surface area contributed by atoms with E-state index in [0.29, 0.717) is 0 Å². The van der Waals surface area contributed by atoms with Crippen molar-refractivity contribution in [3.63, 3.8) is 0 Å². The van der Waals surface area contributed by atoms with Crippen molar-refractivity contribution in [2.75, 3.05) is 25.9 Å². The number of hydrogen-bond acceptors (Lipinski definition) is 3. The highest BCUT2D eigenvalue weighted by Crippen LogP contribution is 2.18. The Morgan fingerprint density at radius 3 is 2.47 bits per heavy atom. The van der Waals surface area contributed by atoms with Gasteiger partial charge >= 0.3 is 0 Å². The third-order valence-corrected chi connectivity index (χ3v) is 3.09. The minimum absolute atomic E-state index is 0.722.